The normalized spacial score (nSPS) is 16.0. The highest BCUT2D eigenvalue weighted by Gasteiger charge is 2.34. The Kier molecular flexibility index (Phi) is 4.60. The van der Waals surface area contributed by atoms with Crippen LogP contribution in [0.2, 0.25) is 0 Å². The number of carbonyl (C=O) groups excluding carboxylic acids is 1. The van der Waals surface area contributed by atoms with E-state index < -0.39 is 0 Å². The molecule has 2 aromatic heterocycles. The fourth-order valence-corrected chi connectivity index (χ4v) is 4.66. The van der Waals surface area contributed by atoms with Gasteiger partial charge in [0.25, 0.3) is 5.91 Å². The van der Waals surface area contributed by atoms with E-state index in [2.05, 4.69) is 58.7 Å². The number of H-pyrrole nitrogens is 1. The molecule has 0 fully saturated rings. The highest BCUT2D eigenvalue weighted by molar-refractivity contribution is 7.98. The number of amides is 1. The van der Waals surface area contributed by atoms with Gasteiger partial charge in [-0.15, -0.1) is 11.8 Å². The SMILES string of the molecule is CSc1ccc([C@@H]2c3[nH]c4ccccc4c3CCN2C(=O)c2cccnc2)cc1. The van der Waals surface area contributed by atoms with Crippen molar-refractivity contribution in [1.29, 1.82) is 0 Å². The molecule has 1 aliphatic rings. The molecular formula is C24H21N3OS. The predicted octanol–water partition coefficient (Wildman–Crippen LogP) is 5.07. The van der Waals surface area contributed by atoms with Crippen molar-refractivity contribution in [2.24, 2.45) is 0 Å². The average molecular weight is 400 g/mol. The number of hydrogen-bond donors (Lipinski definition) is 1. The molecule has 1 aliphatic heterocycles. The monoisotopic (exact) mass is 399 g/mol. The molecule has 0 bridgehead atoms. The summed E-state index contributed by atoms with van der Waals surface area (Å²) in [6, 6.07) is 20.4. The van der Waals surface area contributed by atoms with Crippen LogP contribution in [0.3, 0.4) is 0 Å². The molecule has 144 valence electrons. The van der Waals surface area contributed by atoms with Crippen molar-refractivity contribution in [3.63, 3.8) is 0 Å². The molecule has 0 unspecified atom stereocenters. The fraction of sp³-hybridized carbons (Fsp3) is 0.167. The van der Waals surface area contributed by atoms with E-state index in [1.165, 1.54) is 15.8 Å². The van der Waals surface area contributed by atoms with Gasteiger partial charge < -0.3 is 9.88 Å². The van der Waals surface area contributed by atoms with Crippen molar-refractivity contribution >= 4 is 28.6 Å². The largest absolute Gasteiger partial charge is 0.356 e. The van der Waals surface area contributed by atoms with E-state index in [0.717, 1.165) is 23.2 Å². The van der Waals surface area contributed by atoms with Crippen molar-refractivity contribution in [3.8, 4) is 0 Å². The maximum Gasteiger partial charge on any atom is 0.256 e. The van der Waals surface area contributed by atoms with Gasteiger partial charge in [0.15, 0.2) is 0 Å². The Morgan fingerprint density at radius 1 is 1.10 bits per heavy atom. The third-order valence-corrected chi connectivity index (χ3v) is 6.38. The van der Waals surface area contributed by atoms with E-state index >= 15 is 0 Å². The number of nitrogens with one attached hydrogen (secondary N) is 1. The number of thioether (sulfide) groups is 1. The molecule has 0 radical (unpaired) electrons. The Morgan fingerprint density at radius 2 is 1.93 bits per heavy atom. The fourth-order valence-electron chi connectivity index (χ4n) is 4.25. The Balaban J connectivity index is 1.65. The molecule has 3 heterocycles. The van der Waals surface area contributed by atoms with Crippen molar-refractivity contribution in [2.45, 2.75) is 17.4 Å². The number of aromatic amines is 1. The lowest BCUT2D eigenvalue weighted by Gasteiger charge is -2.36. The first-order valence-electron chi connectivity index (χ1n) is 9.70. The van der Waals surface area contributed by atoms with Crippen LogP contribution >= 0.6 is 11.8 Å². The molecule has 4 nitrogen and oxygen atoms in total. The predicted molar refractivity (Wildman–Crippen MR) is 117 cm³/mol. The van der Waals surface area contributed by atoms with Crippen LogP contribution in [-0.4, -0.2) is 33.6 Å². The highest BCUT2D eigenvalue weighted by atomic mass is 32.2. The van der Waals surface area contributed by atoms with Crippen LogP contribution in [0.15, 0.2) is 78.0 Å². The summed E-state index contributed by atoms with van der Waals surface area (Å²) in [5.74, 6) is 0.0151. The van der Waals surface area contributed by atoms with Crippen molar-refractivity contribution in [1.82, 2.24) is 14.9 Å². The lowest BCUT2D eigenvalue weighted by molar-refractivity contribution is 0.0691. The summed E-state index contributed by atoms with van der Waals surface area (Å²) in [6.45, 7) is 0.678. The standard InChI is InChI=1S/C24H21N3OS/c1-29-18-10-8-16(9-11-18)23-22-20(19-6-2-3-7-21(19)26-22)12-14-27(23)24(28)17-5-4-13-25-15-17/h2-11,13,15,23,26H,12,14H2,1H3/t23-/m1/s1. The van der Waals surface area contributed by atoms with Crippen molar-refractivity contribution in [3.05, 3.63) is 95.4 Å². The van der Waals surface area contributed by atoms with E-state index in [9.17, 15) is 4.79 Å². The molecule has 29 heavy (non-hydrogen) atoms. The summed E-state index contributed by atoms with van der Waals surface area (Å²) in [4.78, 5) is 24.3. The van der Waals surface area contributed by atoms with E-state index in [1.54, 1.807) is 24.2 Å². The van der Waals surface area contributed by atoms with Gasteiger partial charge >= 0.3 is 0 Å². The van der Waals surface area contributed by atoms with E-state index in [4.69, 9.17) is 0 Å². The quantitative estimate of drug-likeness (QED) is 0.489. The number of pyridine rings is 1. The summed E-state index contributed by atoms with van der Waals surface area (Å²) in [6.07, 6.45) is 6.26. The summed E-state index contributed by atoms with van der Waals surface area (Å²) in [5, 5.41) is 1.25. The zero-order valence-electron chi connectivity index (χ0n) is 16.1. The van der Waals surface area contributed by atoms with Crippen LogP contribution in [0.4, 0.5) is 0 Å². The van der Waals surface area contributed by atoms with E-state index in [-0.39, 0.29) is 11.9 Å². The molecule has 0 aliphatic carbocycles. The molecule has 4 aromatic rings. The summed E-state index contributed by atoms with van der Waals surface area (Å²) < 4.78 is 0. The van der Waals surface area contributed by atoms with Crippen LogP contribution in [0.1, 0.15) is 33.2 Å². The number of carbonyl (C=O) groups is 1. The molecule has 2 aromatic carbocycles. The summed E-state index contributed by atoms with van der Waals surface area (Å²) in [5.41, 5.74) is 5.30. The van der Waals surface area contributed by atoms with Crippen LogP contribution in [0.25, 0.3) is 10.9 Å². The zero-order chi connectivity index (χ0) is 19.8. The second-order valence-electron chi connectivity index (χ2n) is 7.23. The van der Waals surface area contributed by atoms with Crippen LogP contribution in [0, 0.1) is 0 Å². The van der Waals surface area contributed by atoms with Crippen LogP contribution in [0.5, 0.6) is 0 Å². The third kappa shape index (κ3) is 3.12. The number of aromatic nitrogens is 2. The van der Waals surface area contributed by atoms with Gasteiger partial charge in [0.05, 0.1) is 11.6 Å². The molecule has 5 heteroatoms. The molecule has 1 atom stereocenters. The summed E-state index contributed by atoms with van der Waals surface area (Å²) >= 11 is 1.72. The van der Waals surface area contributed by atoms with Gasteiger partial charge in [0, 0.05) is 40.4 Å². The second kappa shape index (κ2) is 7.41. The van der Waals surface area contributed by atoms with Crippen LogP contribution < -0.4 is 0 Å². The van der Waals surface area contributed by atoms with Gasteiger partial charge in [-0.1, -0.05) is 30.3 Å². The number of rotatable bonds is 3. The van der Waals surface area contributed by atoms with Gasteiger partial charge in [-0.2, -0.15) is 0 Å². The minimum atomic E-state index is -0.144. The number of nitrogens with zero attached hydrogens (tertiary/aromatic N) is 2. The minimum absolute atomic E-state index is 0.0151. The molecule has 0 spiro atoms. The van der Waals surface area contributed by atoms with E-state index in [0.29, 0.717) is 12.1 Å². The highest BCUT2D eigenvalue weighted by Crippen LogP contribution is 2.39. The molecule has 1 N–H and O–H groups in total. The number of para-hydroxylation sites is 1. The van der Waals surface area contributed by atoms with Gasteiger partial charge in [-0.3, -0.25) is 9.78 Å². The first kappa shape index (κ1) is 18.0. The summed E-state index contributed by atoms with van der Waals surface area (Å²) in [7, 11) is 0. The van der Waals surface area contributed by atoms with Gasteiger partial charge in [-0.25, -0.2) is 0 Å². The molecule has 1 amide bonds. The Hall–Kier alpha value is -3.05. The smallest absolute Gasteiger partial charge is 0.256 e. The zero-order valence-corrected chi connectivity index (χ0v) is 16.9. The molecule has 5 rings (SSSR count). The van der Waals surface area contributed by atoms with E-state index in [1.807, 2.05) is 23.1 Å². The molecule has 0 saturated carbocycles. The molecular weight excluding hydrogens is 378 g/mol. The number of hydrogen-bond acceptors (Lipinski definition) is 3. The first-order chi connectivity index (χ1) is 14.3. The van der Waals surface area contributed by atoms with Crippen LogP contribution in [-0.2, 0) is 6.42 Å². The maximum absolute atomic E-state index is 13.4. The first-order valence-corrected chi connectivity index (χ1v) is 10.9. The third-order valence-electron chi connectivity index (χ3n) is 5.64. The van der Waals surface area contributed by atoms with Gasteiger partial charge in [0.1, 0.15) is 0 Å². The lowest BCUT2D eigenvalue weighted by atomic mass is 9.92. The van der Waals surface area contributed by atoms with Gasteiger partial charge in [-0.05, 0) is 54.1 Å². The number of benzene rings is 2. The maximum atomic E-state index is 13.4. The Bertz CT molecular complexity index is 1170. The second-order valence-corrected chi connectivity index (χ2v) is 8.11. The van der Waals surface area contributed by atoms with Gasteiger partial charge in [0.2, 0.25) is 0 Å². The Labute approximate surface area is 174 Å². The van der Waals surface area contributed by atoms with Crippen molar-refractivity contribution < 1.29 is 4.79 Å². The van der Waals surface area contributed by atoms with Crippen molar-refractivity contribution in [2.75, 3.05) is 12.8 Å². The number of fused-ring (bicyclic) bond motifs is 3. The average Bonchev–Trinajstić information content (AvgIpc) is 3.17. The topological polar surface area (TPSA) is 49.0 Å². The Morgan fingerprint density at radius 3 is 2.69 bits per heavy atom. The minimum Gasteiger partial charge on any atom is -0.356 e. The lowest BCUT2D eigenvalue weighted by Crippen LogP contribution is -2.40. The molecule has 0 saturated heterocycles.